The largest absolute Gasteiger partial charge is 0.493 e. The van der Waals surface area contributed by atoms with Gasteiger partial charge < -0.3 is 4.74 Å². The molecule has 0 radical (unpaired) electrons. The van der Waals surface area contributed by atoms with Crippen LogP contribution in [0, 0.1) is 0 Å². The Hall–Kier alpha value is -1.93. The maximum atomic E-state index is 6.33. The van der Waals surface area contributed by atoms with E-state index >= 15 is 0 Å². The van der Waals surface area contributed by atoms with Gasteiger partial charge in [-0.3, -0.25) is 0 Å². The first kappa shape index (κ1) is 36.3. The smallest absolute Gasteiger partial charge is 0.123 e. The molecule has 0 spiro atoms. The van der Waals surface area contributed by atoms with Gasteiger partial charge in [0.05, 0.1) is 6.61 Å². The number of thiocarbonyl (C=S) groups is 1. The van der Waals surface area contributed by atoms with Crippen LogP contribution in [0.2, 0.25) is 0 Å². The second-order valence-electron chi connectivity index (χ2n) is 12.2. The van der Waals surface area contributed by atoms with Crippen LogP contribution in [0.25, 0.3) is 6.08 Å². The Morgan fingerprint density at radius 3 is 1.62 bits per heavy atom. The molecule has 0 aliphatic heterocycles. The number of unbranched alkanes of at least 4 members (excludes halogenated alkanes) is 19. The predicted octanol–water partition coefficient (Wildman–Crippen LogP) is 13.3. The molecule has 2 aromatic rings. The molecule has 0 saturated heterocycles. The van der Waals surface area contributed by atoms with Crippen LogP contribution in [-0.2, 0) is 6.42 Å². The minimum absolute atomic E-state index is 0.813. The molecule has 42 heavy (non-hydrogen) atoms. The van der Waals surface area contributed by atoms with E-state index < -0.39 is 0 Å². The van der Waals surface area contributed by atoms with Gasteiger partial charge in [0.15, 0.2) is 0 Å². The van der Waals surface area contributed by atoms with E-state index in [1.165, 1.54) is 134 Å². The summed E-state index contributed by atoms with van der Waals surface area (Å²) >= 11 is 5.61. The van der Waals surface area contributed by atoms with Crippen LogP contribution in [0.5, 0.6) is 5.75 Å². The highest BCUT2D eigenvalue weighted by Gasteiger charge is 2.06. The van der Waals surface area contributed by atoms with Crippen molar-refractivity contribution in [3.05, 3.63) is 71.3 Å². The minimum Gasteiger partial charge on any atom is -0.493 e. The monoisotopic (exact) mass is 590 g/mol. The number of benzene rings is 2. The molecule has 0 aliphatic rings. The number of allylic oxidation sites excluding steroid dienone is 1. The summed E-state index contributed by atoms with van der Waals surface area (Å²) in [4.78, 5) is 0.863. The highest BCUT2D eigenvalue weighted by atomic mass is 32.1. The molecule has 0 atom stereocenters. The molecule has 0 amide bonds. The van der Waals surface area contributed by atoms with Crippen molar-refractivity contribution in [1.82, 2.24) is 0 Å². The van der Waals surface area contributed by atoms with Crippen LogP contribution in [0.4, 0.5) is 0 Å². The van der Waals surface area contributed by atoms with Gasteiger partial charge in [0.2, 0.25) is 0 Å². The molecule has 0 saturated carbocycles. The average molecular weight is 591 g/mol. The lowest BCUT2D eigenvalue weighted by atomic mass is 10.0. The Labute approximate surface area is 265 Å². The number of rotatable bonds is 27. The van der Waals surface area contributed by atoms with Gasteiger partial charge in [0.1, 0.15) is 5.75 Å². The lowest BCUT2D eigenvalue weighted by Crippen LogP contribution is -2.01. The summed E-state index contributed by atoms with van der Waals surface area (Å²) in [7, 11) is 0. The predicted molar refractivity (Wildman–Crippen MR) is 191 cm³/mol. The van der Waals surface area contributed by atoms with Gasteiger partial charge in [-0.05, 0) is 48.1 Å². The molecule has 0 bridgehead atoms. The van der Waals surface area contributed by atoms with E-state index in [-0.39, 0.29) is 0 Å². The Bertz CT molecular complexity index is 947. The molecule has 1 nitrogen and oxygen atoms in total. The van der Waals surface area contributed by atoms with Crippen LogP contribution in [-0.4, -0.2) is 11.5 Å². The second kappa shape index (κ2) is 25.6. The summed E-state index contributed by atoms with van der Waals surface area (Å²) in [5, 5.41) is 0. The molecule has 0 aromatic heterocycles. The minimum atomic E-state index is 0.813. The Kier molecular flexibility index (Phi) is 22.1. The van der Waals surface area contributed by atoms with Crippen molar-refractivity contribution < 1.29 is 4.74 Å². The normalized spacial score (nSPS) is 11.4. The first-order valence-electron chi connectivity index (χ1n) is 17.8. The molecule has 0 N–H and O–H groups in total. The first-order chi connectivity index (χ1) is 20.7. The topological polar surface area (TPSA) is 9.23 Å². The van der Waals surface area contributed by atoms with E-state index in [9.17, 15) is 0 Å². The molecule has 0 heterocycles. The van der Waals surface area contributed by atoms with E-state index in [4.69, 9.17) is 17.0 Å². The van der Waals surface area contributed by atoms with Gasteiger partial charge in [-0.2, -0.15) is 0 Å². The summed E-state index contributed by atoms with van der Waals surface area (Å²) in [6, 6.07) is 16.9. The maximum Gasteiger partial charge on any atom is 0.123 e. The number of aryl methyl sites for hydroxylation is 1. The Morgan fingerprint density at radius 1 is 0.595 bits per heavy atom. The average Bonchev–Trinajstić information content (AvgIpc) is 3.02. The second-order valence-corrected chi connectivity index (χ2v) is 12.7. The molecule has 0 aliphatic carbocycles. The Balaban J connectivity index is 1.52. The molecule has 0 fully saturated rings. The van der Waals surface area contributed by atoms with E-state index in [2.05, 4.69) is 50.3 Å². The Morgan fingerprint density at radius 2 is 1.10 bits per heavy atom. The van der Waals surface area contributed by atoms with Crippen molar-refractivity contribution in [3.8, 4) is 5.75 Å². The van der Waals surface area contributed by atoms with Crippen molar-refractivity contribution in [2.45, 2.75) is 155 Å². The molecule has 234 valence electrons. The summed E-state index contributed by atoms with van der Waals surface area (Å²) in [6.07, 6.45) is 34.4. The molecule has 2 aromatic carbocycles. The summed E-state index contributed by atoms with van der Waals surface area (Å²) in [5.74, 6) is 1.05. The molecular weight excluding hydrogens is 529 g/mol. The maximum absolute atomic E-state index is 6.33. The van der Waals surface area contributed by atoms with Crippen LogP contribution >= 0.6 is 12.2 Å². The third-order valence-corrected chi connectivity index (χ3v) is 8.75. The highest BCUT2D eigenvalue weighted by Crippen LogP contribution is 2.24. The third-order valence-electron chi connectivity index (χ3n) is 8.38. The van der Waals surface area contributed by atoms with Crippen molar-refractivity contribution in [2.24, 2.45) is 0 Å². The fraction of sp³-hybridized carbons (Fsp3) is 0.625. The molecule has 2 rings (SSSR count). The van der Waals surface area contributed by atoms with Crippen molar-refractivity contribution in [1.29, 1.82) is 0 Å². The zero-order valence-corrected chi connectivity index (χ0v) is 28.2. The van der Waals surface area contributed by atoms with E-state index in [0.29, 0.717) is 0 Å². The lowest BCUT2D eigenvalue weighted by molar-refractivity contribution is 0.301. The fourth-order valence-corrected chi connectivity index (χ4v) is 5.82. The van der Waals surface area contributed by atoms with Crippen LogP contribution in [0.15, 0.2) is 54.6 Å². The highest BCUT2D eigenvalue weighted by molar-refractivity contribution is 7.81. The number of hydrogen-bond acceptors (Lipinski definition) is 2. The molecular formula is C40H62OS. The molecule has 0 unspecified atom stereocenters. The van der Waals surface area contributed by atoms with Crippen molar-refractivity contribution in [3.63, 3.8) is 0 Å². The van der Waals surface area contributed by atoms with E-state index in [1.54, 1.807) is 0 Å². The van der Waals surface area contributed by atoms with Crippen LogP contribution in [0.3, 0.4) is 0 Å². The third kappa shape index (κ3) is 17.9. The zero-order valence-electron chi connectivity index (χ0n) is 27.4. The summed E-state index contributed by atoms with van der Waals surface area (Å²) in [5.41, 5.74) is 3.57. The van der Waals surface area contributed by atoms with Gasteiger partial charge >= 0.3 is 0 Å². The van der Waals surface area contributed by atoms with Gasteiger partial charge in [0.25, 0.3) is 0 Å². The number of hydrogen-bond donors (Lipinski definition) is 0. The zero-order chi connectivity index (χ0) is 29.9. The standard InChI is InChI=1S/C40H62OS/c1-3-5-7-8-9-10-11-12-13-14-15-16-17-18-19-20-21-22-26-34-41-39-35-36(30-32-37(39)27-6-4-2)31-33-40(42)38-28-24-23-25-29-38/h23-25,28-33,35H,3-22,26-27,34H2,1-2H3. The van der Waals surface area contributed by atoms with E-state index in [0.717, 1.165) is 41.2 Å². The van der Waals surface area contributed by atoms with Gasteiger partial charge in [0, 0.05) is 4.86 Å². The first-order valence-corrected chi connectivity index (χ1v) is 18.2. The lowest BCUT2D eigenvalue weighted by Gasteiger charge is -2.13. The van der Waals surface area contributed by atoms with Gasteiger partial charge in [-0.15, -0.1) is 0 Å². The SMILES string of the molecule is CCCCCCCCCCCCCCCCCCCCCOc1cc(C=CC(=S)c2ccccc2)ccc1CCCC. The summed E-state index contributed by atoms with van der Waals surface area (Å²) < 4.78 is 6.33. The quantitative estimate of drug-likeness (QED) is 0.0443. The van der Waals surface area contributed by atoms with Crippen molar-refractivity contribution >= 4 is 23.2 Å². The van der Waals surface area contributed by atoms with Crippen LogP contribution in [0.1, 0.15) is 165 Å². The summed E-state index contributed by atoms with van der Waals surface area (Å²) in [6.45, 7) is 5.36. The van der Waals surface area contributed by atoms with E-state index in [1.807, 2.05) is 24.3 Å². The van der Waals surface area contributed by atoms with Crippen LogP contribution < -0.4 is 4.74 Å². The number of ether oxygens (including phenoxy) is 1. The molecule has 2 heteroatoms. The van der Waals surface area contributed by atoms with Crippen molar-refractivity contribution in [2.75, 3.05) is 6.61 Å². The van der Waals surface area contributed by atoms with Gasteiger partial charge in [-0.25, -0.2) is 0 Å². The van der Waals surface area contributed by atoms with Gasteiger partial charge in [-0.1, -0.05) is 197 Å². The fourth-order valence-electron chi connectivity index (χ4n) is 5.62.